The van der Waals surface area contributed by atoms with Gasteiger partial charge in [-0.25, -0.2) is 13.1 Å². The van der Waals surface area contributed by atoms with Gasteiger partial charge in [-0.15, -0.1) is 0 Å². The predicted octanol–water partition coefficient (Wildman–Crippen LogP) is 0.768. The van der Waals surface area contributed by atoms with E-state index in [4.69, 9.17) is 9.47 Å². The first kappa shape index (κ1) is 19.6. The molecule has 0 aliphatic heterocycles. The first-order valence-electron chi connectivity index (χ1n) is 7.46. The van der Waals surface area contributed by atoms with Crippen LogP contribution < -0.4 is 10.0 Å². The van der Waals surface area contributed by atoms with E-state index in [1.54, 1.807) is 12.1 Å². The summed E-state index contributed by atoms with van der Waals surface area (Å²) in [4.78, 5) is 12.1. The molecule has 0 heterocycles. The Hall–Kier alpha value is -1.48. The summed E-state index contributed by atoms with van der Waals surface area (Å²) in [5, 5.41) is 2.73. The third-order valence-electron chi connectivity index (χ3n) is 2.96. The number of amides is 1. The molecule has 0 fully saturated rings. The van der Waals surface area contributed by atoms with Gasteiger partial charge in [-0.3, -0.25) is 4.79 Å². The lowest BCUT2D eigenvalue weighted by Crippen LogP contribution is -2.28. The van der Waals surface area contributed by atoms with Crippen LogP contribution in [0.3, 0.4) is 0 Å². The van der Waals surface area contributed by atoms with Crippen LogP contribution in [-0.4, -0.2) is 54.3 Å². The van der Waals surface area contributed by atoms with Crippen LogP contribution in [0.1, 0.15) is 23.7 Å². The number of hydrogen-bond acceptors (Lipinski definition) is 5. The molecule has 2 N–H and O–H groups in total. The third kappa shape index (κ3) is 7.08. The van der Waals surface area contributed by atoms with E-state index in [9.17, 15) is 13.2 Å². The van der Waals surface area contributed by atoms with E-state index >= 15 is 0 Å². The molecular formula is C15H24N2O5S. The minimum atomic E-state index is -3.65. The summed E-state index contributed by atoms with van der Waals surface area (Å²) < 4.78 is 36.6. The van der Waals surface area contributed by atoms with Crippen molar-refractivity contribution < 1.29 is 22.7 Å². The van der Waals surface area contributed by atoms with Gasteiger partial charge < -0.3 is 14.8 Å². The Labute approximate surface area is 137 Å². The number of nitrogens with one attached hydrogen (secondary N) is 2. The molecule has 1 aromatic rings. The molecule has 8 heteroatoms. The lowest BCUT2D eigenvalue weighted by atomic mass is 10.2. The van der Waals surface area contributed by atoms with Gasteiger partial charge in [0.15, 0.2) is 0 Å². The van der Waals surface area contributed by atoms with Crippen molar-refractivity contribution in [1.82, 2.24) is 10.0 Å². The molecule has 0 atom stereocenters. The highest BCUT2D eigenvalue weighted by atomic mass is 32.2. The zero-order valence-corrected chi connectivity index (χ0v) is 14.3. The van der Waals surface area contributed by atoms with Crippen molar-refractivity contribution in [3.63, 3.8) is 0 Å². The van der Waals surface area contributed by atoms with Gasteiger partial charge in [0.05, 0.1) is 11.5 Å². The molecule has 0 unspecified atom stereocenters. The second-order valence-corrected chi connectivity index (χ2v) is 6.49. The maximum Gasteiger partial charge on any atom is 0.251 e. The minimum absolute atomic E-state index is 0.0515. The van der Waals surface area contributed by atoms with Crippen molar-refractivity contribution in [2.45, 2.75) is 18.2 Å². The van der Waals surface area contributed by atoms with Gasteiger partial charge in [-0.1, -0.05) is 6.07 Å². The molecule has 0 spiro atoms. The highest BCUT2D eigenvalue weighted by Gasteiger charge is 2.15. The zero-order valence-electron chi connectivity index (χ0n) is 13.5. The summed E-state index contributed by atoms with van der Waals surface area (Å²) in [5.41, 5.74) is 0.302. The van der Waals surface area contributed by atoms with Gasteiger partial charge in [0.2, 0.25) is 10.0 Å². The van der Waals surface area contributed by atoms with Gasteiger partial charge in [0, 0.05) is 39.0 Å². The molecule has 0 saturated carbocycles. The van der Waals surface area contributed by atoms with E-state index < -0.39 is 10.0 Å². The molecule has 23 heavy (non-hydrogen) atoms. The van der Waals surface area contributed by atoms with Crippen molar-refractivity contribution in [3.8, 4) is 0 Å². The molecule has 0 aliphatic carbocycles. The average molecular weight is 344 g/mol. The predicted molar refractivity (Wildman–Crippen MR) is 86.9 cm³/mol. The highest BCUT2D eigenvalue weighted by molar-refractivity contribution is 7.89. The maximum absolute atomic E-state index is 12.1. The molecular weight excluding hydrogens is 320 g/mol. The third-order valence-corrected chi connectivity index (χ3v) is 4.42. The number of methoxy groups -OCH3 is 1. The summed E-state index contributed by atoms with van der Waals surface area (Å²) in [5.74, 6) is -0.310. The molecule has 0 aliphatic rings. The van der Waals surface area contributed by atoms with E-state index in [1.807, 2.05) is 6.92 Å². The molecule has 0 aromatic heterocycles. The number of benzene rings is 1. The quantitative estimate of drug-likeness (QED) is 0.578. The van der Waals surface area contributed by atoms with Crippen LogP contribution in [0.4, 0.5) is 0 Å². The van der Waals surface area contributed by atoms with Gasteiger partial charge in [-0.2, -0.15) is 0 Å². The summed E-state index contributed by atoms with van der Waals surface area (Å²) in [6.45, 7) is 4.05. The largest absolute Gasteiger partial charge is 0.383 e. The van der Waals surface area contributed by atoms with Crippen LogP contribution in [0, 0.1) is 0 Å². The molecule has 0 saturated heterocycles. The molecule has 1 aromatic carbocycles. The summed E-state index contributed by atoms with van der Waals surface area (Å²) in [6.07, 6.45) is 0.705. The second kappa shape index (κ2) is 10.3. The van der Waals surface area contributed by atoms with E-state index in [0.29, 0.717) is 31.7 Å². The molecule has 0 bridgehead atoms. The van der Waals surface area contributed by atoms with Crippen LogP contribution in [-0.2, 0) is 19.5 Å². The standard InChI is InChI=1S/C15H24N2O5S/c1-3-22-10-5-8-16-15(18)13-6-4-7-14(12-13)23(19,20)17-9-11-21-2/h4,6-7,12,17H,3,5,8-11H2,1-2H3,(H,16,18). The Morgan fingerprint density at radius 2 is 2.00 bits per heavy atom. The lowest BCUT2D eigenvalue weighted by Gasteiger charge is -2.09. The SMILES string of the molecule is CCOCCCNC(=O)c1cccc(S(=O)(=O)NCCOC)c1. The molecule has 7 nitrogen and oxygen atoms in total. The molecule has 1 rings (SSSR count). The first-order valence-corrected chi connectivity index (χ1v) is 8.94. The van der Waals surface area contributed by atoms with Crippen molar-refractivity contribution in [1.29, 1.82) is 0 Å². The number of carbonyl (C=O) groups excluding carboxylic acids is 1. The van der Waals surface area contributed by atoms with Crippen molar-refractivity contribution in [2.75, 3.05) is 40.0 Å². The van der Waals surface area contributed by atoms with E-state index in [0.717, 1.165) is 0 Å². The van der Waals surface area contributed by atoms with E-state index in [1.165, 1.54) is 19.2 Å². The van der Waals surface area contributed by atoms with Gasteiger partial charge in [0.1, 0.15) is 0 Å². The van der Waals surface area contributed by atoms with Crippen molar-refractivity contribution in [3.05, 3.63) is 29.8 Å². The van der Waals surface area contributed by atoms with E-state index in [2.05, 4.69) is 10.0 Å². The molecule has 0 radical (unpaired) electrons. The smallest absolute Gasteiger partial charge is 0.251 e. The Balaban J connectivity index is 2.63. The Morgan fingerprint density at radius 1 is 1.22 bits per heavy atom. The van der Waals surface area contributed by atoms with Crippen LogP contribution in [0.5, 0.6) is 0 Å². The topological polar surface area (TPSA) is 93.7 Å². The Kier molecular flexibility index (Phi) is 8.78. The number of rotatable bonds is 11. The fourth-order valence-corrected chi connectivity index (χ4v) is 2.85. The minimum Gasteiger partial charge on any atom is -0.383 e. The normalized spacial score (nSPS) is 11.4. The lowest BCUT2D eigenvalue weighted by molar-refractivity contribution is 0.0944. The summed E-state index contributed by atoms with van der Waals surface area (Å²) in [6, 6.07) is 5.92. The van der Waals surface area contributed by atoms with Crippen LogP contribution >= 0.6 is 0 Å². The first-order chi connectivity index (χ1) is 11.0. The number of sulfonamides is 1. The molecule has 130 valence electrons. The van der Waals surface area contributed by atoms with Gasteiger partial charge >= 0.3 is 0 Å². The zero-order chi connectivity index (χ0) is 17.1. The summed E-state index contributed by atoms with van der Waals surface area (Å²) >= 11 is 0. The fourth-order valence-electron chi connectivity index (χ4n) is 1.79. The van der Waals surface area contributed by atoms with Crippen molar-refractivity contribution >= 4 is 15.9 Å². The number of hydrogen-bond donors (Lipinski definition) is 2. The fraction of sp³-hybridized carbons (Fsp3) is 0.533. The highest BCUT2D eigenvalue weighted by Crippen LogP contribution is 2.11. The average Bonchev–Trinajstić information content (AvgIpc) is 2.55. The van der Waals surface area contributed by atoms with Gasteiger partial charge in [0.25, 0.3) is 5.91 Å². The van der Waals surface area contributed by atoms with Crippen LogP contribution in [0.2, 0.25) is 0 Å². The van der Waals surface area contributed by atoms with Crippen molar-refractivity contribution in [2.24, 2.45) is 0 Å². The monoisotopic (exact) mass is 344 g/mol. The van der Waals surface area contributed by atoms with Crippen LogP contribution in [0.15, 0.2) is 29.2 Å². The summed E-state index contributed by atoms with van der Waals surface area (Å²) in [7, 11) is -2.16. The Morgan fingerprint density at radius 3 is 2.70 bits per heavy atom. The number of ether oxygens (including phenoxy) is 2. The second-order valence-electron chi connectivity index (χ2n) is 4.72. The molecule has 1 amide bonds. The number of carbonyl (C=O) groups is 1. The maximum atomic E-state index is 12.1. The Bertz CT molecular complexity index is 589. The van der Waals surface area contributed by atoms with Crippen LogP contribution in [0.25, 0.3) is 0 Å². The van der Waals surface area contributed by atoms with E-state index in [-0.39, 0.29) is 24.0 Å². The van der Waals surface area contributed by atoms with Gasteiger partial charge in [-0.05, 0) is 31.5 Å².